The van der Waals surface area contributed by atoms with E-state index in [0.717, 1.165) is 28.9 Å². The first-order valence-corrected chi connectivity index (χ1v) is 10.7. The molecule has 2 unspecified atom stereocenters. The Morgan fingerprint density at radius 3 is 2.35 bits per heavy atom. The lowest BCUT2D eigenvalue weighted by Crippen LogP contribution is -2.50. The highest BCUT2D eigenvalue weighted by Crippen LogP contribution is 2.21. The first-order chi connectivity index (χ1) is 14.8. The minimum Gasteiger partial charge on any atom is -0.497 e. The van der Waals surface area contributed by atoms with Crippen LogP contribution in [0, 0.1) is 13.8 Å². The summed E-state index contributed by atoms with van der Waals surface area (Å²) < 4.78 is 11.0. The van der Waals surface area contributed by atoms with E-state index in [1.54, 1.807) is 18.9 Å². The van der Waals surface area contributed by atoms with Gasteiger partial charge in [-0.15, -0.1) is 0 Å². The van der Waals surface area contributed by atoms with E-state index in [-0.39, 0.29) is 24.5 Å². The molecule has 0 bridgehead atoms. The molecule has 2 aromatic rings. The fourth-order valence-electron chi connectivity index (χ4n) is 3.08. The van der Waals surface area contributed by atoms with Gasteiger partial charge in [0.15, 0.2) is 6.61 Å². The van der Waals surface area contributed by atoms with Gasteiger partial charge in [-0.25, -0.2) is 0 Å². The van der Waals surface area contributed by atoms with Crippen molar-refractivity contribution in [2.24, 2.45) is 0 Å². The molecule has 2 rings (SSSR count). The number of aryl methyl sites for hydroxylation is 1. The number of amides is 2. The van der Waals surface area contributed by atoms with E-state index in [4.69, 9.17) is 9.47 Å². The summed E-state index contributed by atoms with van der Waals surface area (Å²) in [5.74, 6) is 0.989. The Bertz CT molecular complexity index is 880. The molecule has 0 fully saturated rings. The molecule has 2 aromatic carbocycles. The van der Waals surface area contributed by atoms with Gasteiger partial charge in [-0.2, -0.15) is 0 Å². The molecule has 0 aliphatic heterocycles. The third kappa shape index (κ3) is 6.74. The number of nitrogens with one attached hydrogen (secondary N) is 1. The van der Waals surface area contributed by atoms with Gasteiger partial charge >= 0.3 is 0 Å². The number of rotatable bonds is 10. The molecule has 0 aliphatic carbocycles. The third-order valence-electron chi connectivity index (χ3n) is 5.59. The van der Waals surface area contributed by atoms with Crippen LogP contribution in [0.2, 0.25) is 0 Å². The molecule has 0 heterocycles. The van der Waals surface area contributed by atoms with Crippen molar-refractivity contribution >= 4 is 11.8 Å². The molecule has 31 heavy (non-hydrogen) atoms. The maximum absolute atomic E-state index is 13.1. The second-order valence-electron chi connectivity index (χ2n) is 7.85. The summed E-state index contributed by atoms with van der Waals surface area (Å²) in [6.45, 7) is 9.83. The summed E-state index contributed by atoms with van der Waals surface area (Å²) in [5, 5.41) is 2.97. The average Bonchev–Trinajstić information content (AvgIpc) is 2.77. The summed E-state index contributed by atoms with van der Waals surface area (Å²) in [5.41, 5.74) is 3.00. The van der Waals surface area contributed by atoms with Crippen molar-refractivity contribution in [3.8, 4) is 11.5 Å². The van der Waals surface area contributed by atoms with Gasteiger partial charge in [0.25, 0.3) is 5.91 Å². The average molecular weight is 427 g/mol. The molecule has 2 atom stereocenters. The van der Waals surface area contributed by atoms with Gasteiger partial charge in [0, 0.05) is 12.6 Å². The van der Waals surface area contributed by atoms with Gasteiger partial charge in [0.05, 0.1) is 7.11 Å². The highest BCUT2D eigenvalue weighted by atomic mass is 16.5. The summed E-state index contributed by atoms with van der Waals surface area (Å²) in [6, 6.07) is 12.6. The van der Waals surface area contributed by atoms with Crippen molar-refractivity contribution in [1.29, 1.82) is 0 Å². The number of ether oxygens (including phenoxy) is 2. The van der Waals surface area contributed by atoms with Crippen LogP contribution in [0.3, 0.4) is 0 Å². The largest absolute Gasteiger partial charge is 0.497 e. The van der Waals surface area contributed by atoms with E-state index in [1.165, 1.54) is 0 Å². The summed E-state index contributed by atoms with van der Waals surface area (Å²) in [6.07, 6.45) is 0.820. The van der Waals surface area contributed by atoms with Crippen LogP contribution in [0.15, 0.2) is 42.5 Å². The maximum Gasteiger partial charge on any atom is 0.261 e. The Hall–Kier alpha value is -3.02. The van der Waals surface area contributed by atoms with E-state index in [9.17, 15) is 9.59 Å². The molecule has 0 spiro atoms. The maximum atomic E-state index is 13.1. The number of carbonyl (C=O) groups excluding carboxylic acids is 2. The highest BCUT2D eigenvalue weighted by Gasteiger charge is 2.27. The van der Waals surface area contributed by atoms with E-state index in [1.807, 2.05) is 70.2 Å². The first-order valence-electron chi connectivity index (χ1n) is 10.7. The van der Waals surface area contributed by atoms with Crippen LogP contribution in [-0.2, 0) is 16.1 Å². The summed E-state index contributed by atoms with van der Waals surface area (Å²) >= 11 is 0. The smallest absolute Gasteiger partial charge is 0.261 e. The second-order valence-corrected chi connectivity index (χ2v) is 7.85. The van der Waals surface area contributed by atoms with Crippen LogP contribution < -0.4 is 14.8 Å². The molecule has 1 N–H and O–H groups in total. The molecular weight excluding hydrogens is 392 g/mol. The highest BCUT2D eigenvalue weighted by molar-refractivity contribution is 5.88. The minimum absolute atomic E-state index is 0.0408. The van der Waals surface area contributed by atoms with E-state index >= 15 is 0 Å². The molecule has 0 aliphatic rings. The molecule has 0 radical (unpaired) electrons. The number of carbonyl (C=O) groups is 2. The predicted molar refractivity (Wildman–Crippen MR) is 122 cm³/mol. The fraction of sp³-hybridized carbons (Fsp3) is 0.440. The number of hydrogen-bond donors (Lipinski definition) is 1. The van der Waals surface area contributed by atoms with Gasteiger partial charge in [-0.1, -0.05) is 31.2 Å². The molecule has 0 saturated heterocycles. The predicted octanol–water partition coefficient (Wildman–Crippen LogP) is 4.02. The normalized spacial score (nSPS) is 12.6. The fourth-order valence-corrected chi connectivity index (χ4v) is 3.08. The zero-order valence-electron chi connectivity index (χ0n) is 19.4. The number of benzene rings is 2. The SMILES string of the molecule is CCC(C)NC(=O)C(C)N(Cc1ccc(OC)cc1)C(=O)COc1cccc(C)c1C. The van der Waals surface area contributed by atoms with Gasteiger partial charge in [0.1, 0.15) is 17.5 Å². The Labute approximate surface area is 185 Å². The molecule has 2 amide bonds. The van der Waals surface area contributed by atoms with E-state index in [0.29, 0.717) is 12.3 Å². The van der Waals surface area contributed by atoms with Crippen LogP contribution in [0.5, 0.6) is 11.5 Å². The topological polar surface area (TPSA) is 67.9 Å². The van der Waals surface area contributed by atoms with Crippen molar-refractivity contribution in [2.45, 2.75) is 59.7 Å². The Balaban J connectivity index is 2.18. The third-order valence-corrected chi connectivity index (χ3v) is 5.59. The lowest BCUT2D eigenvalue weighted by Gasteiger charge is -2.29. The molecule has 0 aromatic heterocycles. The van der Waals surface area contributed by atoms with Crippen LogP contribution in [-0.4, -0.2) is 42.5 Å². The zero-order valence-corrected chi connectivity index (χ0v) is 19.4. The van der Waals surface area contributed by atoms with E-state index in [2.05, 4.69) is 5.32 Å². The lowest BCUT2D eigenvalue weighted by atomic mass is 10.1. The van der Waals surface area contributed by atoms with Crippen LogP contribution in [0.25, 0.3) is 0 Å². The number of nitrogens with zero attached hydrogens (tertiary/aromatic N) is 1. The first kappa shape index (κ1) is 24.3. The number of methoxy groups -OCH3 is 1. The van der Waals surface area contributed by atoms with Crippen molar-refractivity contribution in [2.75, 3.05) is 13.7 Å². The molecule has 168 valence electrons. The second kappa shape index (κ2) is 11.4. The van der Waals surface area contributed by atoms with Crippen molar-refractivity contribution < 1.29 is 19.1 Å². The van der Waals surface area contributed by atoms with Crippen molar-refractivity contribution in [1.82, 2.24) is 10.2 Å². The van der Waals surface area contributed by atoms with Crippen molar-refractivity contribution in [3.05, 3.63) is 59.2 Å². The van der Waals surface area contributed by atoms with Crippen molar-refractivity contribution in [3.63, 3.8) is 0 Å². The molecule has 6 nitrogen and oxygen atoms in total. The summed E-state index contributed by atoms with van der Waals surface area (Å²) in [7, 11) is 1.61. The Kier molecular flexibility index (Phi) is 8.91. The monoisotopic (exact) mass is 426 g/mol. The molecular formula is C25H34N2O4. The van der Waals surface area contributed by atoms with Gasteiger partial charge in [-0.05, 0) is 69.0 Å². The minimum atomic E-state index is -0.634. The van der Waals surface area contributed by atoms with E-state index < -0.39 is 6.04 Å². The Morgan fingerprint density at radius 1 is 1.06 bits per heavy atom. The van der Waals surface area contributed by atoms with Gasteiger partial charge in [0.2, 0.25) is 5.91 Å². The van der Waals surface area contributed by atoms with Crippen LogP contribution >= 0.6 is 0 Å². The lowest BCUT2D eigenvalue weighted by molar-refractivity contribution is -0.142. The van der Waals surface area contributed by atoms with Gasteiger partial charge < -0.3 is 19.7 Å². The van der Waals surface area contributed by atoms with Gasteiger partial charge in [-0.3, -0.25) is 9.59 Å². The molecule has 0 saturated carbocycles. The summed E-state index contributed by atoms with van der Waals surface area (Å²) in [4.78, 5) is 27.5. The van der Waals surface area contributed by atoms with Crippen LogP contribution in [0.1, 0.15) is 43.9 Å². The quantitative estimate of drug-likeness (QED) is 0.623. The zero-order chi connectivity index (χ0) is 23.0. The number of hydrogen-bond acceptors (Lipinski definition) is 4. The Morgan fingerprint density at radius 2 is 1.74 bits per heavy atom. The molecule has 6 heteroatoms. The van der Waals surface area contributed by atoms with Crippen LogP contribution in [0.4, 0.5) is 0 Å². The standard InChI is InChI=1S/C25H34N2O4/c1-7-18(3)26-25(29)20(5)27(15-21-11-13-22(30-6)14-12-21)24(28)16-31-23-10-8-9-17(2)19(23)4/h8-14,18,20H,7,15-16H2,1-6H3,(H,26,29).